The van der Waals surface area contributed by atoms with Crippen molar-refractivity contribution in [3.05, 3.63) is 0 Å². The molecule has 10 heteroatoms. The summed E-state index contributed by atoms with van der Waals surface area (Å²) in [6.45, 7) is 5.12. The molecule has 2 fully saturated rings. The van der Waals surface area contributed by atoms with E-state index in [-0.39, 0.29) is 24.4 Å². The van der Waals surface area contributed by atoms with Crippen LogP contribution in [0.5, 0.6) is 0 Å². The van der Waals surface area contributed by atoms with Gasteiger partial charge in [-0.3, -0.25) is 4.79 Å². The van der Waals surface area contributed by atoms with Gasteiger partial charge in [0, 0.05) is 6.42 Å². The van der Waals surface area contributed by atoms with Crippen LogP contribution in [0.25, 0.3) is 0 Å². The Morgan fingerprint density at radius 2 is 1.50 bits per heavy atom. The zero-order chi connectivity index (χ0) is 22.4. The quantitative estimate of drug-likeness (QED) is 0.231. The van der Waals surface area contributed by atoms with E-state index in [0.29, 0.717) is 6.42 Å². The van der Waals surface area contributed by atoms with E-state index in [2.05, 4.69) is 0 Å². The molecule has 10 atom stereocenters. The lowest BCUT2D eigenvalue weighted by Gasteiger charge is -2.45. The standard InChI is InChI=1S/C20H36O10/c1-4-5-6-7-14(22)27-9-13-10(2)11(3)15(23)19(29-13)30-20-18(26)17(25)16(24)12(8-21)28-20/h10-13,15-21,23-26H,4-9H2,1-3H3. The Morgan fingerprint density at radius 1 is 0.867 bits per heavy atom. The molecule has 2 aliphatic rings. The van der Waals surface area contributed by atoms with Gasteiger partial charge in [0.25, 0.3) is 0 Å². The van der Waals surface area contributed by atoms with Crippen LogP contribution in [0.4, 0.5) is 0 Å². The van der Waals surface area contributed by atoms with Crippen molar-refractivity contribution in [3.8, 4) is 0 Å². The predicted molar refractivity (Wildman–Crippen MR) is 103 cm³/mol. The molecule has 5 N–H and O–H groups in total. The highest BCUT2D eigenvalue weighted by molar-refractivity contribution is 5.69. The zero-order valence-corrected chi connectivity index (χ0v) is 17.8. The third kappa shape index (κ3) is 6.10. The van der Waals surface area contributed by atoms with E-state index < -0.39 is 55.8 Å². The Morgan fingerprint density at radius 3 is 2.13 bits per heavy atom. The van der Waals surface area contributed by atoms with E-state index in [1.807, 2.05) is 13.8 Å². The first-order valence-electron chi connectivity index (χ1n) is 10.7. The summed E-state index contributed by atoms with van der Waals surface area (Å²) in [4.78, 5) is 11.9. The molecule has 0 saturated carbocycles. The van der Waals surface area contributed by atoms with E-state index in [0.717, 1.165) is 19.3 Å². The van der Waals surface area contributed by atoms with Crippen molar-refractivity contribution in [3.63, 3.8) is 0 Å². The molecule has 2 saturated heterocycles. The summed E-state index contributed by atoms with van der Waals surface area (Å²) in [5.74, 6) is -0.736. The number of carbonyl (C=O) groups is 1. The molecule has 0 aliphatic carbocycles. The first-order chi connectivity index (χ1) is 14.2. The fourth-order valence-electron chi connectivity index (χ4n) is 3.66. The van der Waals surface area contributed by atoms with Crippen LogP contribution in [0.15, 0.2) is 0 Å². The number of aliphatic hydroxyl groups is 5. The molecule has 0 bridgehead atoms. The van der Waals surface area contributed by atoms with Crippen molar-refractivity contribution >= 4 is 5.97 Å². The van der Waals surface area contributed by atoms with Gasteiger partial charge < -0.3 is 44.5 Å². The van der Waals surface area contributed by atoms with Crippen LogP contribution in [-0.4, -0.2) is 93.9 Å². The summed E-state index contributed by atoms with van der Waals surface area (Å²) in [7, 11) is 0. The average Bonchev–Trinajstić information content (AvgIpc) is 2.73. The van der Waals surface area contributed by atoms with Gasteiger partial charge in [-0.1, -0.05) is 33.6 Å². The smallest absolute Gasteiger partial charge is 0.305 e. The first kappa shape index (κ1) is 25.4. The molecule has 2 aliphatic heterocycles. The second kappa shape index (κ2) is 11.7. The van der Waals surface area contributed by atoms with E-state index in [1.165, 1.54) is 0 Å². The molecule has 0 amide bonds. The van der Waals surface area contributed by atoms with E-state index >= 15 is 0 Å². The van der Waals surface area contributed by atoms with Gasteiger partial charge in [-0.2, -0.15) is 0 Å². The number of aliphatic hydroxyl groups excluding tert-OH is 5. The summed E-state index contributed by atoms with van der Waals surface area (Å²) in [6.07, 6.45) is -7.08. The van der Waals surface area contributed by atoms with Crippen LogP contribution in [0, 0.1) is 11.8 Å². The van der Waals surface area contributed by atoms with E-state index in [1.54, 1.807) is 6.92 Å². The average molecular weight is 436 g/mol. The maximum absolute atomic E-state index is 11.9. The summed E-state index contributed by atoms with van der Waals surface area (Å²) < 4.78 is 22.0. The Balaban J connectivity index is 1.97. The highest BCUT2D eigenvalue weighted by Gasteiger charge is 2.48. The molecule has 10 unspecified atom stereocenters. The van der Waals surface area contributed by atoms with E-state index in [4.69, 9.17) is 18.9 Å². The van der Waals surface area contributed by atoms with Crippen molar-refractivity contribution in [1.82, 2.24) is 0 Å². The zero-order valence-electron chi connectivity index (χ0n) is 17.8. The molecule has 0 aromatic heterocycles. The first-order valence-corrected chi connectivity index (χ1v) is 10.7. The molecule has 0 radical (unpaired) electrons. The maximum Gasteiger partial charge on any atom is 0.305 e. The summed E-state index contributed by atoms with van der Waals surface area (Å²) >= 11 is 0. The van der Waals surface area contributed by atoms with Gasteiger partial charge in [0.2, 0.25) is 0 Å². The maximum atomic E-state index is 11.9. The van der Waals surface area contributed by atoms with Gasteiger partial charge in [0.1, 0.15) is 37.1 Å². The lowest BCUT2D eigenvalue weighted by Crippen LogP contribution is -2.61. The number of hydrogen-bond acceptors (Lipinski definition) is 10. The van der Waals surface area contributed by atoms with Crippen LogP contribution in [-0.2, 0) is 23.7 Å². The third-order valence-electron chi connectivity index (χ3n) is 6.05. The highest BCUT2D eigenvalue weighted by atomic mass is 16.8. The molecule has 176 valence electrons. The Kier molecular flexibility index (Phi) is 9.89. The fraction of sp³-hybridized carbons (Fsp3) is 0.950. The van der Waals surface area contributed by atoms with Gasteiger partial charge in [-0.05, 0) is 18.3 Å². The molecular weight excluding hydrogens is 400 g/mol. The van der Waals surface area contributed by atoms with Crippen molar-refractivity contribution in [1.29, 1.82) is 0 Å². The molecule has 0 spiro atoms. The lowest BCUT2D eigenvalue weighted by atomic mass is 9.84. The fourth-order valence-corrected chi connectivity index (χ4v) is 3.66. The highest BCUT2D eigenvalue weighted by Crippen LogP contribution is 2.33. The normalized spacial score (nSPS) is 42.1. The van der Waals surface area contributed by atoms with Gasteiger partial charge in [-0.15, -0.1) is 0 Å². The van der Waals surface area contributed by atoms with E-state index in [9.17, 15) is 30.3 Å². The van der Waals surface area contributed by atoms with Crippen molar-refractivity contribution in [2.24, 2.45) is 11.8 Å². The van der Waals surface area contributed by atoms with Crippen molar-refractivity contribution < 1.29 is 49.3 Å². The minimum absolute atomic E-state index is 0.00226. The molecule has 10 nitrogen and oxygen atoms in total. The Labute approximate surface area is 176 Å². The summed E-state index contributed by atoms with van der Waals surface area (Å²) in [5.41, 5.74) is 0. The van der Waals surface area contributed by atoms with Gasteiger partial charge in [-0.25, -0.2) is 0 Å². The van der Waals surface area contributed by atoms with Crippen LogP contribution in [0.1, 0.15) is 46.5 Å². The van der Waals surface area contributed by atoms with Crippen LogP contribution in [0.3, 0.4) is 0 Å². The lowest BCUT2D eigenvalue weighted by molar-refractivity contribution is -0.369. The van der Waals surface area contributed by atoms with Crippen LogP contribution in [0.2, 0.25) is 0 Å². The molecule has 2 heterocycles. The summed E-state index contributed by atoms with van der Waals surface area (Å²) in [6, 6.07) is 0. The topological polar surface area (TPSA) is 155 Å². The minimum atomic E-state index is -1.61. The third-order valence-corrected chi connectivity index (χ3v) is 6.05. The second-order valence-electron chi connectivity index (χ2n) is 8.23. The Bertz CT molecular complexity index is 530. The molecule has 30 heavy (non-hydrogen) atoms. The number of carbonyl (C=O) groups excluding carboxylic acids is 1. The van der Waals surface area contributed by atoms with Crippen LogP contribution >= 0.6 is 0 Å². The Hall–Kier alpha value is -0.850. The number of rotatable bonds is 9. The van der Waals surface area contributed by atoms with Gasteiger partial charge in [0.15, 0.2) is 12.6 Å². The van der Waals surface area contributed by atoms with Gasteiger partial charge >= 0.3 is 5.97 Å². The molecule has 2 rings (SSSR count). The van der Waals surface area contributed by atoms with Crippen molar-refractivity contribution in [2.45, 2.75) is 95.7 Å². The molecule has 0 aromatic carbocycles. The second-order valence-corrected chi connectivity index (χ2v) is 8.23. The SMILES string of the molecule is CCCCCC(=O)OCC1OC(OC2OC(CO)C(O)C(O)C2O)C(O)C(C)C1C. The number of unbranched alkanes of at least 4 members (excludes halogenated alkanes) is 2. The molecule has 0 aromatic rings. The summed E-state index contributed by atoms with van der Waals surface area (Å²) in [5, 5.41) is 49.8. The minimum Gasteiger partial charge on any atom is -0.463 e. The monoisotopic (exact) mass is 436 g/mol. The number of hydrogen-bond donors (Lipinski definition) is 5. The van der Waals surface area contributed by atoms with Crippen LogP contribution < -0.4 is 0 Å². The predicted octanol–water partition coefficient (Wildman–Crippen LogP) is -0.716. The van der Waals surface area contributed by atoms with Gasteiger partial charge in [0.05, 0.1) is 12.7 Å². The van der Waals surface area contributed by atoms with Crippen molar-refractivity contribution in [2.75, 3.05) is 13.2 Å². The molecular formula is C20H36O10. The number of esters is 1. The number of ether oxygens (including phenoxy) is 4. The largest absolute Gasteiger partial charge is 0.463 e.